The molecule has 47 heavy (non-hydrogen) atoms. The van der Waals surface area contributed by atoms with Gasteiger partial charge in [-0.1, -0.05) is 60.1 Å². The van der Waals surface area contributed by atoms with Crippen molar-refractivity contribution in [1.82, 2.24) is 0 Å². The molecule has 6 aliphatic rings. The van der Waals surface area contributed by atoms with Gasteiger partial charge in [0.05, 0.1) is 36.4 Å². The summed E-state index contributed by atoms with van der Waals surface area (Å²) in [5, 5.41) is 87.3. The molecule has 11 nitrogen and oxygen atoms in total. The van der Waals surface area contributed by atoms with Gasteiger partial charge in [0.1, 0.15) is 24.4 Å². The largest absolute Gasteiger partial charge is 0.432 e. The van der Waals surface area contributed by atoms with Crippen LogP contribution >= 0.6 is 0 Å². The second kappa shape index (κ2) is 11.2. The third-order valence-electron chi connectivity index (χ3n) is 15.2. The van der Waals surface area contributed by atoms with Gasteiger partial charge in [-0.2, -0.15) is 0 Å². The molecule has 0 bridgehead atoms. The molecule has 8 N–H and O–H groups in total. The second-order valence-electron chi connectivity index (χ2n) is 18.2. The molecule has 0 aromatic carbocycles. The first-order valence-electron chi connectivity index (χ1n) is 17.6. The summed E-state index contributed by atoms with van der Waals surface area (Å²) < 4.78 is 11.4. The van der Waals surface area contributed by atoms with E-state index in [9.17, 15) is 45.6 Å². The number of aliphatic hydroxyl groups is 8. The van der Waals surface area contributed by atoms with E-state index in [0.29, 0.717) is 44.9 Å². The molecule has 16 atom stereocenters. The van der Waals surface area contributed by atoms with E-state index in [1.807, 2.05) is 27.7 Å². The fourth-order valence-electron chi connectivity index (χ4n) is 12.3. The first-order chi connectivity index (χ1) is 21.6. The zero-order valence-corrected chi connectivity index (χ0v) is 29.0. The van der Waals surface area contributed by atoms with Crippen LogP contribution in [-0.4, -0.2) is 109 Å². The Morgan fingerprint density at radius 2 is 1.47 bits per heavy atom. The lowest BCUT2D eigenvalue weighted by molar-refractivity contribution is -0.299. The van der Waals surface area contributed by atoms with E-state index in [-0.39, 0.29) is 11.8 Å². The molecule has 5 fully saturated rings. The molecule has 16 unspecified atom stereocenters. The van der Waals surface area contributed by atoms with Crippen LogP contribution in [0.4, 0.5) is 0 Å². The first kappa shape index (κ1) is 35.7. The monoisotopic (exact) mass is 666 g/mol. The summed E-state index contributed by atoms with van der Waals surface area (Å²) in [6.45, 7) is 13.8. The molecule has 6 rings (SSSR count). The summed E-state index contributed by atoms with van der Waals surface area (Å²) in [4.78, 5) is 14.4. The van der Waals surface area contributed by atoms with Crippen LogP contribution in [0.25, 0.3) is 0 Å². The highest BCUT2D eigenvalue weighted by Gasteiger charge is 2.73. The van der Waals surface area contributed by atoms with Crippen LogP contribution in [0.15, 0.2) is 11.6 Å². The quantitative estimate of drug-likeness (QED) is 0.160. The molecule has 1 aliphatic heterocycles. The molecule has 5 aliphatic carbocycles. The molecule has 1 heterocycles. The van der Waals surface area contributed by atoms with Crippen molar-refractivity contribution in [1.29, 1.82) is 0 Å². The van der Waals surface area contributed by atoms with Gasteiger partial charge in [0.2, 0.25) is 6.29 Å². The number of hydrogen-bond acceptors (Lipinski definition) is 11. The van der Waals surface area contributed by atoms with Crippen molar-refractivity contribution in [2.45, 2.75) is 149 Å². The van der Waals surface area contributed by atoms with Gasteiger partial charge in [0.25, 0.3) is 0 Å². The summed E-state index contributed by atoms with van der Waals surface area (Å²) in [7, 11) is 0. The molecule has 0 amide bonds. The maximum atomic E-state index is 14.4. The number of ether oxygens (including phenoxy) is 2. The van der Waals surface area contributed by atoms with Crippen LogP contribution in [0.2, 0.25) is 0 Å². The van der Waals surface area contributed by atoms with Crippen molar-refractivity contribution >= 4 is 5.97 Å². The average Bonchev–Trinajstić information content (AvgIpc) is 2.98. The minimum absolute atomic E-state index is 0.0564. The molecule has 0 spiro atoms. The van der Waals surface area contributed by atoms with E-state index < -0.39 is 106 Å². The summed E-state index contributed by atoms with van der Waals surface area (Å²) in [6, 6.07) is 0. The Morgan fingerprint density at radius 1 is 0.830 bits per heavy atom. The van der Waals surface area contributed by atoms with Gasteiger partial charge in [0, 0.05) is 5.92 Å². The first-order valence-corrected chi connectivity index (χ1v) is 17.6. The zero-order chi connectivity index (χ0) is 34.9. The van der Waals surface area contributed by atoms with E-state index in [1.165, 1.54) is 0 Å². The van der Waals surface area contributed by atoms with Gasteiger partial charge < -0.3 is 50.3 Å². The Balaban J connectivity index is 1.41. The summed E-state index contributed by atoms with van der Waals surface area (Å²) in [5.74, 6) is -1.46. The Labute approximate surface area is 278 Å². The molecule has 4 saturated carbocycles. The standard InChI is InChI=1S/C36H58O11/c1-31(2)10-12-36(30(45)47-29-25(42)24(41)23(40)20(16-37)46-29)13-11-34(6)17(22(36)28(31)44)8-9-21-33(5)14-19(39)27(43)32(3,4)26(33)18(38)15-35(21,34)7/h8,18-29,37-44H,9-16H2,1-7H3. The van der Waals surface area contributed by atoms with Gasteiger partial charge in [-0.25, -0.2) is 0 Å². The predicted octanol–water partition coefficient (Wildman–Crippen LogP) is 1.40. The lowest BCUT2D eigenvalue weighted by Crippen LogP contribution is -2.71. The number of esters is 1. The van der Waals surface area contributed by atoms with Crippen molar-refractivity contribution < 1.29 is 55.1 Å². The van der Waals surface area contributed by atoms with Crippen LogP contribution in [-0.2, 0) is 14.3 Å². The number of hydrogen-bond donors (Lipinski definition) is 8. The van der Waals surface area contributed by atoms with Crippen LogP contribution in [0.5, 0.6) is 0 Å². The normalized spacial score (nSPS) is 55.0. The molecular weight excluding hydrogens is 608 g/mol. The Bertz CT molecular complexity index is 1280. The van der Waals surface area contributed by atoms with Crippen molar-refractivity contribution in [3.8, 4) is 0 Å². The molecular formula is C36H58O11. The predicted molar refractivity (Wildman–Crippen MR) is 169 cm³/mol. The molecule has 0 radical (unpaired) electrons. The van der Waals surface area contributed by atoms with Gasteiger partial charge in [-0.05, 0) is 83.9 Å². The molecule has 268 valence electrons. The smallest absolute Gasteiger partial charge is 0.315 e. The highest BCUT2D eigenvalue weighted by atomic mass is 16.7. The van der Waals surface area contributed by atoms with Gasteiger partial charge in [-0.15, -0.1) is 0 Å². The number of fused-ring (bicyclic) bond motifs is 7. The number of carbonyl (C=O) groups excluding carboxylic acids is 1. The molecule has 0 aromatic rings. The van der Waals surface area contributed by atoms with Crippen LogP contribution in [0.1, 0.15) is 93.4 Å². The highest BCUT2D eigenvalue weighted by Crippen LogP contribution is 2.75. The van der Waals surface area contributed by atoms with Crippen LogP contribution in [0.3, 0.4) is 0 Å². The highest BCUT2D eigenvalue weighted by molar-refractivity contribution is 5.79. The lowest BCUT2D eigenvalue weighted by Gasteiger charge is -2.72. The van der Waals surface area contributed by atoms with E-state index in [4.69, 9.17) is 9.47 Å². The maximum absolute atomic E-state index is 14.4. The second-order valence-corrected chi connectivity index (χ2v) is 18.2. The summed E-state index contributed by atoms with van der Waals surface area (Å²) in [5.41, 5.74) is -2.90. The third-order valence-corrected chi connectivity index (χ3v) is 15.2. The number of aliphatic hydroxyl groups excluding tert-OH is 8. The lowest BCUT2D eigenvalue weighted by atomic mass is 9.32. The van der Waals surface area contributed by atoms with Crippen LogP contribution < -0.4 is 0 Å². The van der Waals surface area contributed by atoms with Crippen LogP contribution in [0, 0.1) is 50.2 Å². The average molecular weight is 667 g/mol. The minimum atomic E-state index is -1.73. The van der Waals surface area contributed by atoms with Gasteiger partial charge >= 0.3 is 5.97 Å². The van der Waals surface area contributed by atoms with Gasteiger partial charge in [0.15, 0.2) is 0 Å². The SMILES string of the molecule is CC1(C)CCC2(C(=O)OC3OC(CO)C(O)C(O)C3O)CCC3(C)C(=CCC4C5(C)CC(O)C(O)C(C)(C)C5C(O)CC43C)C2C1O. The topological polar surface area (TPSA) is 197 Å². The fourth-order valence-corrected chi connectivity index (χ4v) is 12.3. The van der Waals surface area contributed by atoms with Crippen molar-refractivity contribution in [3.05, 3.63) is 11.6 Å². The number of carbonyl (C=O) groups is 1. The van der Waals surface area contributed by atoms with Crippen molar-refractivity contribution in [2.24, 2.45) is 50.2 Å². The fraction of sp³-hybridized carbons (Fsp3) is 0.917. The van der Waals surface area contributed by atoms with E-state index in [2.05, 4.69) is 26.8 Å². The minimum Gasteiger partial charge on any atom is -0.432 e. The Morgan fingerprint density at radius 3 is 2.11 bits per heavy atom. The molecule has 0 aromatic heterocycles. The Kier molecular flexibility index (Phi) is 8.48. The summed E-state index contributed by atoms with van der Waals surface area (Å²) in [6.07, 6.45) is -5.78. The Hall–Kier alpha value is -1.15. The van der Waals surface area contributed by atoms with Gasteiger partial charge in [-0.3, -0.25) is 4.79 Å². The van der Waals surface area contributed by atoms with E-state index in [0.717, 1.165) is 5.57 Å². The summed E-state index contributed by atoms with van der Waals surface area (Å²) >= 11 is 0. The number of allylic oxidation sites excluding steroid dienone is 1. The molecule has 11 heteroatoms. The third kappa shape index (κ3) is 4.67. The molecule has 1 saturated heterocycles. The van der Waals surface area contributed by atoms with E-state index in [1.54, 1.807) is 0 Å². The van der Waals surface area contributed by atoms with Crippen molar-refractivity contribution in [3.63, 3.8) is 0 Å². The zero-order valence-electron chi connectivity index (χ0n) is 29.0. The van der Waals surface area contributed by atoms with E-state index >= 15 is 0 Å². The van der Waals surface area contributed by atoms with Crippen molar-refractivity contribution in [2.75, 3.05) is 6.61 Å². The number of rotatable bonds is 3. The maximum Gasteiger partial charge on any atom is 0.315 e.